The van der Waals surface area contributed by atoms with Crippen LogP contribution in [0.1, 0.15) is 5.56 Å². The van der Waals surface area contributed by atoms with Crippen molar-refractivity contribution in [3.8, 4) is 11.6 Å². The third-order valence-corrected chi connectivity index (χ3v) is 6.08. The van der Waals surface area contributed by atoms with Gasteiger partial charge in [-0.1, -0.05) is 24.8 Å². The summed E-state index contributed by atoms with van der Waals surface area (Å²) in [5.41, 5.74) is 3.62. The molecule has 2 heterocycles. The van der Waals surface area contributed by atoms with Crippen molar-refractivity contribution in [1.29, 1.82) is 0 Å². The van der Waals surface area contributed by atoms with Gasteiger partial charge in [0.1, 0.15) is 10.4 Å². The average molecular weight is 481 g/mol. The number of aromatic nitrogens is 2. The number of nitrogens with one attached hydrogen (secondary N) is 2. The Morgan fingerprint density at radius 1 is 1.15 bits per heavy atom. The molecule has 4 N–H and O–H groups in total. The number of hydrogen-bond donors (Lipinski definition) is 2. The third-order valence-electron chi connectivity index (χ3n) is 4.58. The number of carbonyl (C=O) groups excluding carboxylic acids is 1. The van der Waals surface area contributed by atoms with Gasteiger partial charge in [-0.2, -0.15) is 16.7 Å². The molecule has 2 aromatic carbocycles. The summed E-state index contributed by atoms with van der Waals surface area (Å²) in [6.07, 6.45) is 4.38. The number of hydrogen-bond acceptors (Lipinski definition) is 7. The molecule has 4 aromatic rings. The van der Waals surface area contributed by atoms with E-state index in [1.165, 1.54) is 23.0 Å². The SMILES string of the molecule is C=CC(=O)Nc1cccc(Oc2nc(Nc3ccc(CCSC)cc3)nc3ccsc23)c1.O. The van der Waals surface area contributed by atoms with Gasteiger partial charge in [0, 0.05) is 17.4 Å². The van der Waals surface area contributed by atoms with Crippen LogP contribution in [0.15, 0.2) is 72.6 Å². The molecule has 0 aliphatic heterocycles. The van der Waals surface area contributed by atoms with Crippen molar-refractivity contribution >= 4 is 56.5 Å². The molecule has 1 amide bonds. The van der Waals surface area contributed by atoms with E-state index in [-0.39, 0.29) is 11.4 Å². The first-order valence-corrected chi connectivity index (χ1v) is 12.2. The van der Waals surface area contributed by atoms with Crippen LogP contribution in [0.2, 0.25) is 0 Å². The molecule has 0 unspecified atom stereocenters. The molecular weight excluding hydrogens is 456 g/mol. The molecule has 2 aromatic heterocycles. The summed E-state index contributed by atoms with van der Waals surface area (Å²) in [6, 6.07) is 17.4. The lowest BCUT2D eigenvalue weighted by molar-refractivity contribution is -0.111. The topological polar surface area (TPSA) is 108 Å². The highest BCUT2D eigenvalue weighted by molar-refractivity contribution is 7.98. The monoisotopic (exact) mass is 480 g/mol. The number of amides is 1. The van der Waals surface area contributed by atoms with Crippen LogP contribution in [0.5, 0.6) is 11.6 Å². The fourth-order valence-electron chi connectivity index (χ4n) is 3.01. The first-order valence-electron chi connectivity index (χ1n) is 9.96. The second-order valence-electron chi connectivity index (χ2n) is 6.88. The number of benzene rings is 2. The number of rotatable bonds is 9. The summed E-state index contributed by atoms with van der Waals surface area (Å²) in [6.45, 7) is 3.47. The second-order valence-corrected chi connectivity index (χ2v) is 8.78. The standard InChI is InChI=1S/C24H22N4O2S2.H2O/c1-3-21(29)25-18-5-4-6-19(15-18)30-23-22-20(12-14-32-22)27-24(28-23)26-17-9-7-16(8-10-17)11-13-31-2;/h3-10,12,14-15H,1,11,13H2,2H3,(H,25,29)(H,26,27,28);1H2. The van der Waals surface area contributed by atoms with Gasteiger partial charge in [0.15, 0.2) is 0 Å². The average Bonchev–Trinajstić information content (AvgIpc) is 3.28. The Labute approximate surface area is 200 Å². The van der Waals surface area contributed by atoms with E-state index in [2.05, 4.69) is 45.6 Å². The van der Waals surface area contributed by atoms with Crippen LogP contribution in [0, 0.1) is 0 Å². The third kappa shape index (κ3) is 6.32. The maximum Gasteiger partial charge on any atom is 0.247 e. The van der Waals surface area contributed by atoms with Crippen molar-refractivity contribution in [1.82, 2.24) is 9.97 Å². The summed E-state index contributed by atoms with van der Waals surface area (Å²) in [5.74, 6) is 2.29. The van der Waals surface area contributed by atoms with Gasteiger partial charge in [0.2, 0.25) is 17.7 Å². The first kappa shape index (κ1) is 24.2. The summed E-state index contributed by atoms with van der Waals surface area (Å²) in [7, 11) is 0. The Morgan fingerprint density at radius 2 is 1.97 bits per heavy atom. The molecule has 0 aliphatic rings. The molecular formula is C24H24N4O3S2. The van der Waals surface area contributed by atoms with Crippen molar-refractivity contribution in [3.05, 3.63) is 78.2 Å². The number of aryl methyl sites for hydroxylation is 1. The van der Waals surface area contributed by atoms with E-state index in [1.807, 2.05) is 41.4 Å². The van der Waals surface area contributed by atoms with Gasteiger partial charge in [-0.3, -0.25) is 4.79 Å². The van der Waals surface area contributed by atoms with E-state index in [0.717, 1.165) is 28.1 Å². The molecule has 0 atom stereocenters. The lowest BCUT2D eigenvalue weighted by Gasteiger charge is -2.11. The van der Waals surface area contributed by atoms with Gasteiger partial charge in [-0.15, -0.1) is 11.3 Å². The van der Waals surface area contributed by atoms with Crippen molar-refractivity contribution < 1.29 is 15.0 Å². The Hall–Kier alpha value is -3.40. The van der Waals surface area contributed by atoms with Crippen molar-refractivity contribution in [2.24, 2.45) is 0 Å². The number of carbonyl (C=O) groups is 1. The van der Waals surface area contributed by atoms with Gasteiger partial charge in [-0.25, -0.2) is 4.98 Å². The normalized spacial score (nSPS) is 10.3. The quantitative estimate of drug-likeness (QED) is 0.309. The zero-order valence-corrected chi connectivity index (χ0v) is 19.6. The van der Waals surface area contributed by atoms with Crippen LogP contribution in [0.4, 0.5) is 17.3 Å². The molecule has 170 valence electrons. The van der Waals surface area contributed by atoms with Crippen LogP contribution in [-0.4, -0.2) is 33.4 Å². The van der Waals surface area contributed by atoms with Crippen LogP contribution < -0.4 is 15.4 Å². The minimum atomic E-state index is -0.282. The van der Waals surface area contributed by atoms with Crippen LogP contribution in [0.25, 0.3) is 10.2 Å². The number of nitrogens with zero attached hydrogens (tertiary/aromatic N) is 2. The highest BCUT2D eigenvalue weighted by atomic mass is 32.2. The van der Waals surface area contributed by atoms with Gasteiger partial charge in [0.25, 0.3) is 0 Å². The highest BCUT2D eigenvalue weighted by Crippen LogP contribution is 2.33. The maximum atomic E-state index is 11.6. The molecule has 0 saturated carbocycles. The minimum absolute atomic E-state index is 0. The summed E-state index contributed by atoms with van der Waals surface area (Å²) >= 11 is 3.35. The van der Waals surface area contributed by atoms with E-state index >= 15 is 0 Å². The molecule has 0 saturated heterocycles. The Balaban J connectivity index is 0.00000306. The fourth-order valence-corrected chi connectivity index (χ4v) is 4.20. The highest BCUT2D eigenvalue weighted by Gasteiger charge is 2.12. The largest absolute Gasteiger partial charge is 0.437 e. The molecule has 7 nitrogen and oxygen atoms in total. The zero-order chi connectivity index (χ0) is 22.3. The molecule has 0 bridgehead atoms. The summed E-state index contributed by atoms with van der Waals surface area (Å²) in [5, 5.41) is 7.96. The van der Waals surface area contributed by atoms with Gasteiger partial charge >= 0.3 is 0 Å². The first-order chi connectivity index (χ1) is 15.6. The number of thiophene rings is 1. The smallest absolute Gasteiger partial charge is 0.247 e. The molecule has 0 spiro atoms. The number of thioether (sulfide) groups is 1. The van der Waals surface area contributed by atoms with Crippen LogP contribution >= 0.6 is 23.1 Å². The summed E-state index contributed by atoms with van der Waals surface area (Å²) < 4.78 is 6.94. The molecule has 0 radical (unpaired) electrons. The maximum absolute atomic E-state index is 11.6. The van der Waals surface area contributed by atoms with Crippen LogP contribution in [0.3, 0.4) is 0 Å². The van der Waals surface area contributed by atoms with Crippen molar-refractivity contribution in [2.45, 2.75) is 6.42 Å². The lowest BCUT2D eigenvalue weighted by atomic mass is 10.1. The summed E-state index contributed by atoms with van der Waals surface area (Å²) in [4.78, 5) is 20.8. The molecule has 0 aliphatic carbocycles. The predicted molar refractivity (Wildman–Crippen MR) is 138 cm³/mol. The van der Waals surface area contributed by atoms with E-state index < -0.39 is 0 Å². The van der Waals surface area contributed by atoms with Gasteiger partial charge in [-0.05, 0) is 65.8 Å². The number of fused-ring (bicyclic) bond motifs is 1. The Morgan fingerprint density at radius 3 is 2.73 bits per heavy atom. The predicted octanol–water partition coefficient (Wildman–Crippen LogP) is 5.43. The minimum Gasteiger partial charge on any atom is -0.437 e. The molecule has 33 heavy (non-hydrogen) atoms. The molecule has 9 heteroatoms. The Bertz CT molecular complexity index is 1240. The van der Waals surface area contributed by atoms with Crippen molar-refractivity contribution in [2.75, 3.05) is 22.6 Å². The lowest BCUT2D eigenvalue weighted by Crippen LogP contribution is -2.07. The van der Waals surface area contributed by atoms with E-state index in [0.29, 0.717) is 23.3 Å². The van der Waals surface area contributed by atoms with Crippen LogP contribution in [-0.2, 0) is 11.2 Å². The van der Waals surface area contributed by atoms with E-state index in [4.69, 9.17) is 4.74 Å². The van der Waals surface area contributed by atoms with Crippen molar-refractivity contribution in [3.63, 3.8) is 0 Å². The van der Waals surface area contributed by atoms with Gasteiger partial charge in [0.05, 0.1) is 5.52 Å². The molecule has 4 rings (SSSR count). The number of anilines is 3. The Kier molecular flexibility index (Phi) is 8.42. The molecule has 0 fully saturated rings. The van der Waals surface area contributed by atoms with E-state index in [1.54, 1.807) is 18.2 Å². The van der Waals surface area contributed by atoms with Gasteiger partial charge < -0.3 is 20.8 Å². The number of ether oxygens (including phenoxy) is 1. The fraction of sp³-hybridized carbons (Fsp3) is 0.125. The van der Waals surface area contributed by atoms with E-state index in [9.17, 15) is 4.79 Å². The second kappa shape index (κ2) is 11.5. The zero-order valence-electron chi connectivity index (χ0n) is 18.0.